The predicted octanol–water partition coefficient (Wildman–Crippen LogP) is 1.46. The molecule has 0 radical (unpaired) electrons. The van der Waals surface area contributed by atoms with Crippen LogP contribution in [0.2, 0.25) is 0 Å². The van der Waals surface area contributed by atoms with E-state index in [2.05, 4.69) is 0 Å². The van der Waals surface area contributed by atoms with Crippen LogP contribution in [0.15, 0.2) is 24.3 Å². The second-order valence-corrected chi connectivity index (χ2v) is 2.71. The summed E-state index contributed by atoms with van der Waals surface area (Å²) in [5, 5.41) is 0. The topological polar surface area (TPSA) is 29.6 Å². The van der Waals surface area contributed by atoms with E-state index < -0.39 is 0 Å². The first kappa shape index (κ1) is 7.43. The Balaban J connectivity index is 2.15. The lowest BCUT2D eigenvalue weighted by molar-refractivity contribution is -0.108. The van der Waals surface area contributed by atoms with Crippen LogP contribution in [0.25, 0.3) is 0 Å². The van der Waals surface area contributed by atoms with Crippen molar-refractivity contribution in [1.82, 2.24) is 0 Å². The fraction of sp³-hybridized carbons (Fsp3) is 0.222. The Kier molecular flexibility index (Phi) is 1.66. The van der Waals surface area contributed by atoms with E-state index in [0.29, 0.717) is 0 Å². The van der Waals surface area contributed by atoms with Crippen LogP contribution in [0.3, 0.4) is 0 Å². The van der Waals surface area contributed by atoms with Gasteiger partial charge in [-0.1, -0.05) is 12.1 Å². The van der Waals surface area contributed by atoms with Crippen LogP contribution in [0, 0.1) is 5.82 Å². The number of ether oxygens (including phenoxy) is 1. The van der Waals surface area contributed by atoms with E-state index in [4.69, 9.17) is 4.74 Å². The summed E-state index contributed by atoms with van der Waals surface area (Å²) in [5.74, 6) is -0.276. The molecule has 0 aromatic heterocycles. The fourth-order valence-electron chi connectivity index (χ4n) is 1.15. The normalized spacial score (nSPS) is 26.8. The molecule has 2 atom stereocenters. The van der Waals surface area contributed by atoms with Gasteiger partial charge in [-0.05, 0) is 17.7 Å². The predicted molar refractivity (Wildman–Crippen MR) is 40.1 cm³/mol. The highest BCUT2D eigenvalue weighted by molar-refractivity contribution is 5.61. The summed E-state index contributed by atoms with van der Waals surface area (Å²) in [5.41, 5.74) is 0.855. The summed E-state index contributed by atoms with van der Waals surface area (Å²) in [6.07, 6.45) is 0.284. The van der Waals surface area contributed by atoms with Crippen LogP contribution in [-0.4, -0.2) is 12.4 Å². The minimum Gasteiger partial charge on any atom is -0.357 e. The molecule has 2 nitrogen and oxygen atoms in total. The highest BCUT2D eigenvalue weighted by Gasteiger charge is 2.39. The Morgan fingerprint density at radius 3 is 2.50 bits per heavy atom. The van der Waals surface area contributed by atoms with Crippen LogP contribution in [0.4, 0.5) is 4.39 Å². The first-order chi connectivity index (χ1) is 5.81. The molecule has 1 aliphatic rings. The maximum absolute atomic E-state index is 12.4. The van der Waals surface area contributed by atoms with E-state index in [1.54, 1.807) is 12.1 Å². The smallest absolute Gasteiger partial charge is 0.151 e. The molecule has 0 bridgehead atoms. The molecule has 0 saturated carbocycles. The van der Waals surface area contributed by atoms with E-state index in [-0.39, 0.29) is 18.0 Å². The Morgan fingerprint density at radius 2 is 2.00 bits per heavy atom. The maximum Gasteiger partial charge on any atom is 0.151 e. The summed E-state index contributed by atoms with van der Waals surface area (Å²) < 4.78 is 17.4. The number of hydrogen-bond donors (Lipinski definition) is 0. The van der Waals surface area contributed by atoms with Gasteiger partial charge in [0, 0.05) is 0 Å². The van der Waals surface area contributed by atoms with Gasteiger partial charge in [0.05, 0.1) is 0 Å². The number of carbonyl (C=O) groups is 1. The zero-order valence-electron chi connectivity index (χ0n) is 6.24. The SMILES string of the molecule is O=C[C@@H]1O[C@@H]1c1ccc(F)cc1. The molecule has 1 aromatic carbocycles. The van der Waals surface area contributed by atoms with Crippen LogP contribution in [-0.2, 0) is 9.53 Å². The number of hydrogen-bond acceptors (Lipinski definition) is 2. The van der Waals surface area contributed by atoms with Crippen LogP contribution >= 0.6 is 0 Å². The van der Waals surface area contributed by atoms with Crippen molar-refractivity contribution < 1.29 is 13.9 Å². The molecule has 0 unspecified atom stereocenters. The van der Waals surface area contributed by atoms with E-state index >= 15 is 0 Å². The third kappa shape index (κ3) is 1.23. The lowest BCUT2D eigenvalue weighted by Crippen LogP contribution is -1.88. The Bertz CT molecular complexity index is 294. The van der Waals surface area contributed by atoms with Gasteiger partial charge in [0.1, 0.15) is 18.0 Å². The molecular weight excluding hydrogens is 159 g/mol. The van der Waals surface area contributed by atoms with Crippen LogP contribution in [0.5, 0.6) is 0 Å². The molecule has 62 valence electrons. The van der Waals surface area contributed by atoms with Crippen LogP contribution < -0.4 is 0 Å². The van der Waals surface area contributed by atoms with E-state index in [9.17, 15) is 9.18 Å². The number of epoxide rings is 1. The summed E-state index contributed by atoms with van der Waals surface area (Å²) >= 11 is 0. The summed E-state index contributed by atoms with van der Waals surface area (Å²) in [6, 6.07) is 5.98. The molecule has 3 heteroatoms. The maximum atomic E-state index is 12.4. The number of halogens is 1. The van der Waals surface area contributed by atoms with Gasteiger partial charge in [-0.2, -0.15) is 0 Å². The number of rotatable bonds is 2. The van der Waals surface area contributed by atoms with Crippen molar-refractivity contribution in [3.8, 4) is 0 Å². The number of carbonyl (C=O) groups excluding carboxylic acids is 1. The molecule has 1 saturated heterocycles. The van der Waals surface area contributed by atoms with Crippen molar-refractivity contribution in [2.45, 2.75) is 12.2 Å². The van der Waals surface area contributed by atoms with E-state index in [0.717, 1.165) is 11.8 Å². The van der Waals surface area contributed by atoms with Gasteiger partial charge >= 0.3 is 0 Å². The van der Waals surface area contributed by atoms with Crippen LogP contribution in [0.1, 0.15) is 11.7 Å². The molecule has 0 N–H and O–H groups in total. The van der Waals surface area contributed by atoms with Gasteiger partial charge in [-0.25, -0.2) is 4.39 Å². The minimum atomic E-state index is -0.324. The molecular formula is C9H7FO2. The van der Waals surface area contributed by atoms with Gasteiger partial charge in [-0.15, -0.1) is 0 Å². The molecule has 1 aromatic rings. The monoisotopic (exact) mass is 166 g/mol. The van der Waals surface area contributed by atoms with Gasteiger partial charge in [0.25, 0.3) is 0 Å². The highest BCUT2D eigenvalue weighted by Crippen LogP contribution is 2.36. The van der Waals surface area contributed by atoms with Crippen molar-refractivity contribution >= 4 is 6.29 Å². The van der Waals surface area contributed by atoms with Crippen molar-refractivity contribution in [1.29, 1.82) is 0 Å². The average Bonchev–Trinajstić information content (AvgIpc) is 2.85. The van der Waals surface area contributed by atoms with Crippen molar-refractivity contribution in [2.75, 3.05) is 0 Å². The standard InChI is InChI=1S/C9H7FO2/c10-7-3-1-6(2-4-7)9-8(5-11)12-9/h1-5,8-9H/t8-,9+/m0/s1. The summed E-state index contributed by atoms with van der Waals surface area (Å²) in [4.78, 5) is 10.2. The van der Waals surface area contributed by atoms with Crippen molar-refractivity contribution in [2.24, 2.45) is 0 Å². The van der Waals surface area contributed by atoms with E-state index in [1.165, 1.54) is 12.1 Å². The molecule has 0 spiro atoms. The van der Waals surface area contributed by atoms with Gasteiger partial charge < -0.3 is 9.53 Å². The Morgan fingerprint density at radius 1 is 1.33 bits per heavy atom. The van der Waals surface area contributed by atoms with E-state index in [1.807, 2.05) is 0 Å². The van der Waals surface area contributed by atoms with Crippen molar-refractivity contribution in [3.05, 3.63) is 35.6 Å². The Labute approximate surface area is 69.0 Å². The van der Waals surface area contributed by atoms with Gasteiger partial charge in [-0.3, -0.25) is 0 Å². The molecule has 2 rings (SSSR count). The lowest BCUT2D eigenvalue weighted by atomic mass is 10.1. The second kappa shape index (κ2) is 2.68. The first-order valence-electron chi connectivity index (χ1n) is 3.67. The molecule has 1 heterocycles. The zero-order chi connectivity index (χ0) is 8.55. The van der Waals surface area contributed by atoms with Gasteiger partial charge in [0.15, 0.2) is 6.29 Å². The molecule has 12 heavy (non-hydrogen) atoms. The molecule has 0 amide bonds. The largest absolute Gasteiger partial charge is 0.357 e. The molecule has 0 aliphatic carbocycles. The van der Waals surface area contributed by atoms with Crippen molar-refractivity contribution in [3.63, 3.8) is 0 Å². The minimum absolute atomic E-state index is 0.150. The third-order valence-electron chi connectivity index (χ3n) is 1.86. The number of aldehydes is 1. The molecule has 1 aliphatic heterocycles. The Hall–Kier alpha value is -1.22. The fourth-order valence-corrected chi connectivity index (χ4v) is 1.15. The second-order valence-electron chi connectivity index (χ2n) is 2.71. The first-order valence-corrected chi connectivity index (χ1v) is 3.67. The summed E-state index contributed by atoms with van der Waals surface area (Å²) in [6.45, 7) is 0. The lowest BCUT2D eigenvalue weighted by Gasteiger charge is -1.92. The molecule has 1 fully saturated rings. The highest BCUT2D eigenvalue weighted by atomic mass is 19.1. The average molecular weight is 166 g/mol. The quantitative estimate of drug-likeness (QED) is 0.491. The summed E-state index contributed by atoms with van der Waals surface area (Å²) in [7, 11) is 0. The third-order valence-corrected chi connectivity index (χ3v) is 1.86. The number of benzene rings is 1. The van der Waals surface area contributed by atoms with Gasteiger partial charge in [0.2, 0.25) is 0 Å². The zero-order valence-corrected chi connectivity index (χ0v) is 6.24.